The summed E-state index contributed by atoms with van der Waals surface area (Å²) in [6.07, 6.45) is 5.29. The molecule has 4 atom stereocenters. The molecule has 1 aromatic heterocycles. The van der Waals surface area contributed by atoms with Crippen molar-refractivity contribution in [3.63, 3.8) is 0 Å². The van der Waals surface area contributed by atoms with Crippen LogP contribution in [0.3, 0.4) is 0 Å². The largest absolute Gasteiger partial charge is 0.379 e. The second-order valence-electron chi connectivity index (χ2n) is 32.8. The van der Waals surface area contributed by atoms with Crippen LogP contribution in [0.2, 0.25) is 5.02 Å². The van der Waals surface area contributed by atoms with Crippen molar-refractivity contribution >= 4 is 139 Å². The number of sulfonamides is 4. The molecule has 10 aromatic carbocycles. The Kier molecular flexibility index (Phi) is 35.6. The first kappa shape index (κ1) is 101. The number of rotatable bonds is 35. The third-order valence-corrected chi connectivity index (χ3v) is 29.2. The lowest BCUT2D eigenvalue weighted by molar-refractivity contribution is -0.123. The highest BCUT2D eigenvalue weighted by atomic mass is 35.5. The molecule has 0 aliphatic carbocycles. The van der Waals surface area contributed by atoms with E-state index in [4.69, 9.17) is 16.3 Å². The topological polar surface area (TPSA) is 427 Å². The molecule has 8 amide bonds. The van der Waals surface area contributed by atoms with Gasteiger partial charge in [0.1, 0.15) is 24.2 Å². The van der Waals surface area contributed by atoms with Crippen LogP contribution in [0.15, 0.2) is 274 Å². The molecule has 0 saturated heterocycles. The number of carbonyl (C=O) groups excluding carboxylic acids is 8. The number of hydrogen-bond donors (Lipinski definition) is 12. The van der Waals surface area contributed by atoms with Gasteiger partial charge >= 0.3 is 0 Å². The van der Waals surface area contributed by atoms with Gasteiger partial charge in [-0.2, -0.15) is 18.9 Å². The summed E-state index contributed by atoms with van der Waals surface area (Å²) in [7, 11) is -15.9. The van der Waals surface area contributed by atoms with E-state index in [0.29, 0.717) is 124 Å². The number of amides is 8. The predicted molar refractivity (Wildman–Crippen MR) is 518 cm³/mol. The molecule has 0 spiro atoms. The van der Waals surface area contributed by atoms with Gasteiger partial charge in [-0.1, -0.05) is 175 Å². The Bertz CT molecular complexity index is 6510. The van der Waals surface area contributed by atoms with Crippen molar-refractivity contribution in [2.24, 2.45) is 0 Å². The molecule has 15 rings (SSSR count). The Labute approximate surface area is 790 Å². The number of ether oxygens (including phenoxy) is 1. The number of carbonyl (C=O) groups is 8. The van der Waals surface area contributed by atoms with Gasteiger partial charge in [-0.15, -0.1) is 11.3 Å². The van der Waals surface area contributed by atoms with Crippen molar-refractivity contribution in [1.29, 1.82) is 0 Å². The lowest BCUT2D eigenvalue weighted by atomic mass is 10.0. The predicted octanol–water partition coefficient (Wildman–Crippen LogP) is 12.4. The van der Waals surface area contributed by atoms with Crippen molar-refractivity contribution < 1.29 is 76.8 Å². The zero-order valence-electron chi connectivity index (χ0n) is 74.2. The number of thiophene rings is 1. The second kappa shape index (κ2) is 47.5. The fourth-order valence-electron chi connectivity index (χ4n) is 14.9. The number of nitrogens with one attached hydrogen (secondary N) is 12. The summed E-state index contributed by atoms with van der Waals surface area (Å²) in [5, 5.41) is 24.7. The maximum absolute atomic E-state index is 13.2. The van der Waals surface area contributed by atoms with E-state index in [1.165, 1.54) is 41.7 Å². The van der Waals surface area contributed by atoms with E-state index in [-0.39, 0.29) is 80.9 Å². The molecule has 5 heterocycles. The van der Waals surface area contributed by atoms with E-state index in [1.807, 2.05) is 185 Å². The first-order valence-electron chi connectivity index (χ1n) is 43.7. The fraction of sp³-hybridized carbons (Fsp3) is 0.273. The van der Waals surface area contributed by atoms with Gasteiger partial charge < -0.3 is 47.3 Å². The van der Waals surface area contributed by atoms with Crippen LogP contribution in [0.1, 0.15) is 112 Å². The van der Waals surface area contributed by atoms with Gasteiger partial charge in [-0.05, 0) is 244 Å². The van der Waals surface area contributed by atoms with Crippen LogP contribution in [0.5, 0.6) is 0 Å². The summed E-state index contributed by atoms with van der Waals surface area (Å²) in [4.78, 5) is 99.6. The molecule has 29 nitrogen and oxygen atoms in total. The Morgan fingerprint density at radius 2 is 0.731 bits per heavy atom. The maximum Gasteiger partial charge on any atom is 0.242 e. The Morgan fingerprint density at radius 3 is 1.07 bits per heavy atom. The summed E-state index contributed by atoms with van der Waals surface area (Å²) in [5.74, 6) is -2.03. The molecule has 35 heteroatoms. The number of aryl methyl sites for hydroxylation is 6. The Balaban J connectivity index is 0.000000161. The fourth-order valence-corrected chi connectivity index (χ4v) is 20.7. The number of anilines is 5. The normalized spacial score (nSPS) is 14.2. The molecule has 4 unspecified atom stereocenters. The molecule has 4 aliphatic heterocycles. The van der Waals surface area contributed by atoms with Crippen LogP contribution in [0.25, 0.3) is 0 Å². The highest BCUT2D eigenvalue weighted by Gasteiger charge is 2.34. The zero-order chi connectivity index (χ0) is 95.5. The Hall–Kier alpha value is -12.5. The van der Waals surface area contributed by atoms with Crippen LogP contribution in [-0.4, -0.2) is 131 Å². The first-order chi connectivity index (χ1) is 64.2. The van der Waals surface area contributed by atoms with Crippen molar-refractivity contribution in [1.82, 2.24) is 34.8 Å². The molecule has 11 aromatic rings. The van der Waals surface area contributed by atoms with Crippen molar-refractivity contribution in [2.45, 2.75) is 174 Å². The van der Waals surface area contributed by atoms with E-state index < -0.39 is 82.0 Å². The van der Waals surface area contributed by atoms with Gasteiger partial charge in [0.15, 0.2) is 0 Å². The standard InChI is InChI=1S/C27H29N3O4S.C25H24ClN3O4S.C24H31N3O5S.C23H23N3O4S2/c1-19-6-5-9-21(16-19)14-15-28-27(32)25(17-20-7-3-2-4-8-20)30-35(33,34)23-11-12-24-22(18-23)10-13-26(31)29-24;1-16-7-9-19(15-21(16)26)27-25(31)23(13-17-5-3-2-4-6-17)29-34(32,33)20-10-11-22-18(14-20)8-12-24(30)28-22;1-17(2)32-14-6-13-25-24(29)22(15-18-7-4-3-5-8-18)27-33(30,31)20-10-11-21-19(16-20)9-12-23(28)26-21;27-22-11-8-17-14-19(9-10-20(17)25-22)32(29,30)26-21(13-16-5-2-1-3-6-16)23(28)24-15-18-7-4-12-31-18/h2-9,11-12,16,18,25,30H,10,13-15,17H2,1H3,(H,28,32)(H,29,31);2-7,9-11,14-15,23,29H,8,12-13H2,1H3,(H,27,31)(H,28,30);3-5,7-8,10-11,16-17,22,27H,6,9,12-15H2,1-2H3,(H,25,29)(H,26,28);1-7,9-10,12,14,21,26H,8,11,13,15H2,(H,24,28)(H,25,27). The monoisotopic (exact) mass is 1930 g/mol. The van der Waals surface area contributed by atoms with E-state index >= 15 is 0 Å². The number of fused-ring (bicyclic) bond motifs is 4. The minimum Gasteiger partial charge on any atom is -0.379 e. The quantitative estimate of drug-likeness (QED) is 0.0164. The molecule has 4 aliphatic rings. The minimum absolute atomic E-state index is 0.0339. The number of benzene rings is 10. The van der Waals surface area contributed by atoms with Crippen LogP contribution in [0.4, 0.5) is 28.4 Å². The molecule has 0 radical (unpaired) electrons. The molecular weight excluding hydrogens is 1820 g/mol. The Morgan fingerprint density at radius 1 is 0.381 bits per heavy atom. The van der Waals surface area contributed by atoms with E-state index in [9.17, 15) is 72.0 Å². The summed E-state index contributed by atoms with van der Waals surface area (Å²) in [6.45, 7) is 9.38. The second-order valence-corrected chi connectivity index (χ2v) is 41.1. The van der Waals surface area contributed by atoms with Gasteiger partial charge in [0.25, 0.3) is 0 Å². The summed E-state index contributed by atoms with van der Waals surface area (Å²) >= 11 is 7.69. The average Bonchev–Trinajstić information content (AvgIpc) is 0.818. The van der Waals surface area contributed by atoms with Crippen LogP contribution < -0.4 is 61.4 Å². The van der Waals surface area contributed by atoms with Crippen molar-refractivity contribution in [2.75, 3.05) is 46.3 Å². The molecule has 0 fully saturated rings. The molecular formula is C99H107ClN12O17S5. The van der Waals surface area contributed by atoms with Crippen molar-refractivity contribution in [3.05, 3.63) is 325 Å². The summed E-state index contributed by atoms with van der Waals surface area (Å²) in [6, 6.07) is 68.3. The van der Waals surface area contributed by atoms with E-state index in [2.05, 4.69) is 67.5 Å². The van der Waals surface area contributed by atoms with Gasteiger partial charge in [0.2, 0.25) is 87.4 Å². The first-order valence-corrected chi connectivity index (χ1v) is 50.9. The third kappa shape index (κ3) is 30.0. The van der Waals surface area contributed by atoms with Gasteiger partial charge in [0, 0.05) is 83.7 Å². The smallest absolute Gasteiger partial charge is 0.242 e. The molecule has 134 heavy (non-hydrogen) atoms. The number of halogens is 1. The lowest BCUT2D eigenvalue weighted by Crippen LogP contribution is -2.48. The summed E-state index contributed by atoms with van der Waals surface area (Å²) in [5.41, 5.74) is 12.4. The van der Waals surface area contributed by atoms with Crippen LogP contribution in [-0.2, 0) is 148 Å². The van der Waals surface area contributed by atoms with Crippen LogP contribution in [0, 0.1) is 13.8 Å². The minimum atomic E-state index is -4.03. The van der Waals surface area contributed by atoms with Crippen molar-refractivity contribution in [3.8, 4) is 0 Å². The molecule has 0 bridgehead atoms. The van der Waals surface area contributed by atoms with E-state index in [0.717, 1.165) is 66.1 Å². The van der Waals surface area contributed by atoms with Gasteiger partial charge in [0.05, 0.1) is 32.2 Å². The summed E-state index contributed by atoms with van der Waals surface area (Å²) < 4.78 is 121. The van der Waals surface area contributed by atoms with E-state index in [1.54, 1.807) is 60.7 Å². The maximum atomic E-state index is 13.2. The molecule has 702 valence electrons. The SMILES string of the molecule is CC(C)OCCCNC(=O)C(Cc1ccccc1)NS(=O)(=O)c1ccc2c(c1)CCC(=O)N2.Cc1ccc(NC(=O)C(Cc2ccccc2)NS(=O)(=O)c2ccc3c(c2)CCC(=O)N3)cc1Cl.Cc1cccc(CCNC(=O)C(Cc2ccccc2)NS(=O)(=O)c2ccc3c(c2)CCC(=O)N3)c1.O=C1CCc2cc(S(=O)(=O)NC(Cc3ccccc3)C(=O)NCc3cccs3)ccc2N1. The number of hydrogen-bond acceptors (Lipinski definition) is 18. The van der Waals surface area contributed by atoms with Gasteiger partial charge in [-0.25, -0.2) is 33.7 Å². The average molecular weight is 1930 g/mol. The third-order valence-electron chi connectivity index (χ3n) is 22.0. The molecule has 12 N–H and O–H groups in total. The lowest BCUT2D eigenvalue weighted by Gasteiger charge is -2.21. The van der Waals surface area contributed by atoms with Crippen LogP contribution >= 0.6 is 22.9 Å². The zero-order valence-corrected chi connectivity index (χ0v) is 79.1. The highest BCUT2D eigenvalue weighted by molar-refractivity contribution is 7.90. The molecule has 0 saturated carbocycles. The van der Waals surface area contributed by atoms with Gasteiger partial charge in [-0.3, -0.25) is 38.4 Å². The highest BCUT2D eigenvalue weighted by Crippen LogP contribution is 2.32.